The van der Waals surface area contributed by atoms with Crippen LogP contribution in [0.25, 0.3) is 0 Å². The predicted octanol–water partition coefficient (Wildman–Crippen LogP) is 4.37. The van der Waals surface area contributed by atoms with Crippen LogP contribution in [-0.2, 0) is 35.1 Å². The van der Waals surface area contributed by atoms with E-state index >= 15 is 0 Å². The Morgan fingerprint density at radius 1 is 0.919 bits per heavy atom. The molecule has 0 spiro atoms. The van der Waals surface area contributed by atoms with Gasteiger partial charge in [-0.3, -0.25) is 19.2 Å². The van der Waals surface area contributed by atoms with Gasteiger partial charge in [0.15, 0.2) is 11.5 Å². The van der Waals surface area contributed by atoms with E-state index in [1.54, 1.807) is 13.0 Å². The highest BCUT2D eigenvalue weighted by atomic mass is 16.6. The van der Waals surface area contributed by atoms with Crippen LogP contribution in [0.5, 0.6) is 11.5 Å². The van der Waals surface area contributed by atoms with E-state index in [9.17, 15) is 19.2 Å². The van der Waals surface area contributed by atoms with E-state index in [-0.39, 0.29) is 67.5 Å². The second-order valence-electron chi connectivity index (χ2n) is 10.4. The lowest BCUT2D eigenvalue weighted by atomic mass is 9.88. The summed E-state index contributed by atoms with van der Waals surface area (Å²) in [4.78, 5) is 49.4. The summed E-state index contributed by atoms with van der Waals surface area (Å²) >= 11 is 0. The minimum absolute atomic E-state index is 0.0106. The van der Waals surface area contributed by atoms with Gasteiger partial charge in [-0.05, 0) is 36.0 Å². The summed E-state index contributed by atoms with van der Waals surface area (Å²) in [5.74, 6) is -1.86. The number of hydrogen-bond donors (Lipinski definition) is 1. The van der Waals surface area contributed by atoms with Crippen LogP contribution in [0, 0.1) is 17.8 Å². The minimum Gasteiger partial charge on any atom is -0.468 e. The zero-order valence-electron chi connectivity index (χ0n) is 23.3. The molecule has 0 radical (unpaired) electrons. The van der Waals surface area contributed by atoms with Crippen molar-refractivity contribution >= 4 is 23.9 Å². The van der Waals surface area contributed by atoms with Crippen molar-refractivity contribution in [3.63, 3.8) is 0 Å². The van der Waals surface area contributed by atoms with Gasteiger partial charge in [-0.2, -0.15) is 0 Å². The van der Waals surface area contributed by atoms with Crippen LogP contribution in [0.2, 0.25) is 0 Å². The van der Waals surface area contributed by atoms with Gasteiger partial charge in [0.05, 0.1) is 19.6 Å². The van der Waals surface area contributed by atoms with Gasteiger partial charge in [0.2, 0.25) is 0 Å². The number of carbonyl (C=O) groups excluding carboxylic acids is 4. The molecule has 1 aromatic rings. The third-order valence-electron chi connectivity index (χ3n) is 5.63. The first-order valence-corrected chi connectivity index (χ1v) is 12.9. The largest absolute Gasteiger partial charge is 0.468 e. The average molecular weight is 522 g/mol. The molecule has 0 heterocycles. The number of rotatable bonds is 15. The number of esters is 4. The second-order valence-corrected chi connectivity index (χ2v) is 10.4. The SMILES string of the molecule is CCCC(C)C(=O)OCC[C@@](N)(Cc1ccc(OC(=O)CC(C)C)c(OC(=O)CC(C)C)c1)C(=O)OC. The fraction of sp³-hybridized carbons (Fsp3) is 0.643. The van der Waals surface area contributed by atoms with E-state index in [4.69, 9.17) is 24.7 Å². The van der Waals surface area contributed by atoms with E-state index in [0.717, 1.165) is 6.42 Å². The Kier molecular flexibility index (Phi) is 13.3. The number of benzene rings is 1. The number of ether oxygens (including phenoxy) is 4. The quantitative estimate of drug-likeness (QED) is 0.264. The van der Waals surface area contributed by atoms with Gasteiger partial charge in [-0.25, -0.2) is 0 Å². The van der Waals surface area contributed by atoms with E-state index in [1.165, 1.54) is 19.2 Å². The number of methoxy groups -OCH3 is 1. The molecule has 9 nitrogen and oxygen atoms in total. The van der Waals surface area contributed by atoms with Crippen molar-refractivity contribution in [3.8, 4) is 11.5 Å². The molecule has 0 aliphatic rings. The van der Waals surface area contributed by atoms with Crippen molar-refractivity contribution in [2.75, 3.05) is 13.7 Å². The Morgan fingerprint density at radius 2 is 1.49 bits per heavy atom. The molecule has 0 saturated heterocycles. The topological polar surface area (TPSA) is 131 Å². The summed E-state index contributed by atoms with van der Waals surface area (Å²) in [5, 5.41) is 0. The molecule has 1 rings (SSSR count). The van der Waals surface area contributed by atoms with Crippen LogP contribution in [0.15, 0.2) is 18.2 Å². The molecule has 1 unspecified atom stereocenters. The molecule has 2 N–H and O–H groups in total. The maximum atomic E-state index is 12.6. The molecular weight excluding hydrogens is 478 g/mol. The molecule has 37 heavy (non-hydrogen) atoms. The summed E-state index contributed by atoms with van der Waals surface area (Å²) in [6.45, 7) is 11.3. The molecule has 0 aliphatic carbocycles. The maximum absolute atomic E-state index is 12.6. The highest BCUT2D eigenvalue weighted by molar-refractivity contribution is 5.81. The first-order valence-electron chi connectivity index (χ1n) is 12.9. The summed E-state index contributed by atoms with van der Waals surface area (Å²) in [7, 11) is 1.23. The van der Waals surface area contributed by atoms with Gasteiger partial charge >= 0.3 is 23.9 Å². The normalized spacial score (nSPS) is 13.6. The summed E-state index contributed by atoms with van der Waals surface area (Å²) < 4.78 is 21.2. The van der Waals surface area contributed by atoms with Crippen molar-refractivity contribution in [2.24, 2.45) is 23.5 Å². The highest BCUT2D eigenvalue weighted by Gasteiger charge is 2.36. The second kappa shape index (κ2) is 15.3. The number of nitrogens with two attached hydrogens (primary N) is 1. The standard InChI is InChI=1S/C28H43NO8/c1-8-9-20(6)26(32)35-13-12-28(29,27(33)34-7)17-21-10-11-22(36-24(30)14-18(2)3)23(16-21)37-25(31)15-19(4)5/h10-11,16,18-20H,8-9,12-15,17,29H2,1-7H3/t20?,28-/m1/s1. The molecular formula is C28H43NO8. The lowest BCUT2D eigenvalue weighted by molar-refractivity contribution is -0.153. The van der Waals surface area contributed by atoms with Gasteiger partial charge in [-0.1, -0.05) is 54.0 Å². The summed E-state index contributed by atoms with van der Waals surface area (Å²) in [6.07, 6.45) is 1.97. The molecule has 2 atom stereocenters. The molecule has 208 valence electrons. The molecule has 0 bridgehead atoms. The Hall–Kier alpha value is -2.94. The molecule has 0 amide bonds. The number of hydrogen-bond acceptors (Lipinski definition) is 9. The zero-order chi connectivity index (χ0) is 28.2. The predicted molar refractivity (Wildman–Crippen MR) is 139 cm³/mol. The Bertz CT molecular complexity index is 927. The lowest BCUT2D eigenvalue weighted by Gasteiger charge is -2.27. The van der Waals surface area contributed by atoms with Crippen molar-refractivity contribution < 1.29 is 38.1 Å². The Morgan fingerprint density at radius 3 is 2.00 bits per heavy atom. The van der Waals surface area contributed by atoms with E-state index in [2.05, 4.69) is 0 Å². The van der Waals surface area contributed by atoms with Crippen LogP contribution >= 0.6 is 0 Å². The fourth-order valence-corrected chi connectivity index (χ4v) is 3.68. The Labute approximate surface area is 220 Å². The lowest BCUT2D eigenvalue weighted by Crippen LogP contribution is -2.51. The highest BCUT2D eigenvalue weighted by Crippen LogP contribution is 2.31. The van der Waals surface area contributed by atoms with Crippen molar-refractivity contribution in [2.45, 2.75) is 85.6 Å². The van der Waals surface area contributed by atoms with Crippen LogP contribution in [0.1, 0.15) is 79.2 Å². The van der Waals surface area contributed by atoms with Crippen molar-refractivity contribution in [3.05, 3.63) is 23.8 Å². The monoisotopic (exact) mass is 521 g/mol. The third kappa shape index (κ3) is 11.3. The van der Waals surface area contributed by atoms with E-state index in [0.29, 0.717) is 12.0 Å². The average Bonchev–Trinajstić information content (AvgIpc) is 2.79. The van der Waals surface area contributed by atoms with Gasteiger partial charge in [-0.15, -0.1) is 0 Å². The first-order chi connectivity index (χ1) is 17.3. The van der Waals surface area contributed by atoms with Crippen LogP contribution < -0.4 is 15.2 Å². The van der Waals surface area contributed by atoms with Gasteiger partial charge in [0.25, 0.3) is 0 Å². The van der Waals surface area contributed by atoms with Gasteiger partial charge < -0.3 is 24.7 Å². The minimum atomic E-state index is -1.50. The number of carbonyl (C=O) groups is 4. The van der Waals surface area contributed by atoms with Crippen LogP contribution in [-0.4, -0.2) is 43.1 Å². The molecule has 0 aromatic heterocycles. The van der Waals surface area contributed by atoms with Crippen LogP contribution in [0.3, 0.4) is 0 Å². The van der Waals surface area contributed by atoms with Crippen molar-refractivity contribution in [1.82, 2.24) is 0 Å². The molecule has 9 heteroatoms. The van der Waals surface area contributed by atoms with Gasteiger partial charge in [0.1, 0.15) is 5.54 Å². The molecule has 0 fully saturated rings. The molecule has 0 saturated carbocycles. The first kappa shape index (κ1) is 32.1. The van der Waals surface area contributed by atoms with Crippen LogP contribution in [0.4, 0.5) is 0 Å². The summed E-state index contributed by atoms with van der Waals surface area (Å²) in [5.41, 5.74) is 5.49. The fourth-order valence-electron chi connectivity index (χ4n) is 3.68. The summed E-state index contributed by atoms with van der Waals surface area (Å²) in [6, 6.07) is 4.67. The van der Waals surface area contributed by atoms with Crippen molar-refractivity contribution in [1.29, 1.82) is 0 Å². The smallest absolute Gasteiger partial charge is 0.326 e. The third-order valence-corrected chi connectivity index (χ3v) is 5.63. The maximum Gasteiger partial charge on any atom is 0.326 e. The van der Waals surface area contributed by atoms with E-state index < -0.39 is 23.4 Å². The zero-order valence-corrected chi connectivity index (χ0v) is 23.3. The van der Waals surface area contributed by atoms with Gasteiger partial charge in [0, 0.05) is 25.7 Å². The molecule has 0 aliphatic heterocycles. The van der Waals surface area contributed by atoms with E-state index in [1.807, 2.05) is 34.6 Å². The molecule has 1 aromatic carbocycles. The Balaban J connectivity index is 3.15.